The molecule has 0 saturated heterocycles. The molecule has 5 rings (SSSR count). The largest absolute Gasteiger partial charge is 0.390 e. The molecule has 4 fully saturated rings. The highest BCUT2D eigenvalue weighted by molar-refractivity contribution is 5.80. The van der Waals surface area contributed by atoms with E-state index in [2.05, 4.69) is 18.1 Å². The van der Waals surface area contributed by atoms with E-state index in [0.717, 1.165) is 61.7 Å². The van der Waals surface area contributed by atoms with Gasteiger partial charge in [-0.3, -0.25) is 9.48 Å². The van der Waals surface area contributed by atoms with Crippen molar-refractivity contribution in [3.05, 3.63) is 18.0 Å². The van der Waals surface area contributed by atoms with Crippen LogP contribution in [0, 0.1) is 52.3 Å². The van der Waals surface area contributed by atoms with Crippen molar-refractivity contribution in [3.8, 4) is 6.07 Å². The van der Waals surface area contributed by atoms with Gasteiger partial charge < -0.3 is 5.11 Å². The van der Waals surface area contributed by atoms with Crippen LogP contribution >= 0.6 is 0 Å². The zero-order valence-corrected chi connectivity index (χ0v) is 19.8. The number of carbonyl (C=O) groups excluding carboxylic acids is 1. The van der Waals surface area contributed by atoms with E-state index in [0.29, 0.717) is 17.9 Å². The summed E-state index contributed by atoms with van der Waals surface area (Å²) in [4.78, 5) is 13.2. The Labute approximate surface area is 192 Å². The number of ketones is 1. The van der Waals surface area contributed by atoms with Crippen molar-refractivity contribution in [2.75, 3.05) is 0 Å². The van der Waals surface area contributed by atoms with Crippen LogP contribution in [0.25, 0.3) is 0 Å². The predicted molar refractivity (Wildman–Crippen MR) is 122 cm³/mol. The Morgan fingerprint density at radius 3 is 2.72 bits per heavy atom. The number of aromatic nitrogens is 2. The SMILES string of the molecule is C[C@@]1(O)CC[C@H]2[C@H](CC[C@@H]3[C@@H]2CC[C@]2(C)C[C@H](C(=O)Cn4cc(C#N)cn4)CCC[C@@H]32)C1. The second-order valence-electron chi connectivity index (χ2n) is 12.2. The van der Waals surface area contributed by atoms with Crippen molar-refractivity contribution in [2.45, 2.75) is 96.6 Å². The fourth-order valence-corrected chi connectivity index (χ4v) is 8.61. The third-order valence-corrected chi connectivity index (χ3v) is 10.1. The lowest BCUT2D eigenvalue weighted by Gasteiger charge is -2.57. The number of hydrogen-bond donors (Lipinski definition) is 1. The molecular weight excluding hydrogens is 398 g/mol. The molecule has 1 heterocycles. The van der Waals surface area contributed by atoms with Gasteiger partial charge in [-0.05, 0) is 106 Å². The fraction of sp³-hybridized carbons (Fsp3) is 0.815. The number of nitriles is 1. The molecule has 1 aromatic heterocycles. The average Bonchev–Trinajstić information content (AvgIpc) is 3.12. The third-order valence-electron chi connectivity index (χ3n) is 10.1. The highest BCUT2D eigenvalue weighted by atomic mass is 16.3. The molecular formula is C27H39N3O2. The number of aliphatic hydroxyl groups is 1. The maximum Gasteiger partial charge on any atom is 0.157 e. The molecule has 4 saturated carbocycles. The Morgan fingerprint density at radius 1 is 1.12 bits per heavy atom. The Kier molecular flexibility index (Phi) is 5.73. The smallest absolute Gasteiger partial charge is 0.157 e. The minimum absolute atomic E-state index is 0.123. The van der Waals surface area contributed by atoms with Gasteiger partial charge >= 0.3 is 0 Å². The van der Waals surface area contributed by atoms with E-state index in [-0.39, 0.29) is 11.3 Å². The molecule has 0 amide bonds. The molecule has 8 atom stereocenters. The number of Topliss-reactive ketones (excluding diaryl/α,β-unsaturated/α-hetero) is 1. The standard InChI is InChI=1S/C27H39N3O2/c1-26-10-8-22-21-9-11-27(2,32)13-19(21)6-7-23(22)24(26)5-3-4-20(12-26)25(31)17-30-16-18(14-28)15-29-30/h15-16,19-24,32H,3-13,17H2,1-2H3/t19-,20-,21+,22-,23-,24+,26-,27-/m1/s1. The van der Waals surface area contributed by atoms with Gasteiger partial charge in [0.1, 0.15) is 6.07 Å². The molecule has 0 radical (unpaired) electrons. The molecule has 5 heteroatoms. The molecule has 174 valence electrons. The summed E-state index contributed by atoms with van der Waals surface area (Å²) in [6, 6.07) is 2.10. The summed E-state index contributed by atoms with van der Waals surface area (Å²) in [7, 11) is 0. The molecule has 0 spiro atoms. The molecule has 5 nitrogen and oxygen atoms in total. The summed E-state index contributed by atoms with van der Waals surface area (Å²) in [6.07, 6.45) is 16.0. The topological polar surface area (TPSA) is 78.9 Å². The number of rotatable bonds is 3. The number of nitrogens with zero attached hydrogens (tertiary/aromatic N) is 3. The van der Waals surface area contributed by atoms with Crippen molar-refractivity contribution in [1.82, 2.24) is 9.78 Å². The first-order valence-corrected chi connectivity index (χ1v) is 13.0. The third kappa shape index (κ3) is 4.04. The van der Waals surface area contributed by atoms with Crippen LogP contribution in [0.2, 0.25) is 0 Å². The highest BCUT2D eigenvalue weighted by Gasteiger charge is 2.54. The molecule has 0 unspecified atom stereocenters. The van der Waals surface area contributed by atoms with Crippen LogP contribution in [0.3, 0.4) is 0 Å². The molecule has 32 heavy (non-hydrogen) atoms. The lowest BCUT2D eigenvalue weighted by Crippen LogP contribution is -2.50. The Bertz CT molecular complexity index is 899. The van der Waals surface area contributed by atoms with Gasteiger partial charge in [-0.15, -0.1) is 0 Å². The summed E-state index contributed by atoms with van der Waals surface area (Å²) in [6.45, 7) is 4.82. The second-order valence-corrected chi connectivity index (χ2v) is 12.2. The van der Waals surface area contributed by atoms with E-state index in [1.54, 1.807) is 17.1 Å². The van der Waals surface area contributed by atoms with Gasteiger partial charge in [-0.25, -0.2) is 0 Å². The molecule has 1 N–H and O–H groups in total. The lowest BCUT2D eigenvalue weighted by atomic mass is 9.48. The van der Waals surface area contributed by atoms with Crippen LogP contribution in [-0.2, 0) is 11.3 Å². The first-order valence-electron chi connectivity index (χ1n) is 13.0. The van der Waals surface area contributed by atoms with E-state index in [1.165, 1.54) is 38.5 Å². The maximum absolute atomic E-state index is 13.2. The van der Waals surface area contributed by atoms with Crippen LogP contribution in [-0.4, -0.2) is 26.3 Å². The van der Waals surface area contributed by atoms with Crippen LogP contribution in [0.5, 0.6) is 0 Å². The lowest BCUT2D eigenvalue weighted by molar-refractivity contribution is -0.127. The van der Waals surface area contributed by atoms with E-state index < -0.39 is 5.60 Å². The van der Waals surface area contributed by atoms with E-state index >= 15 is 0 Å². The number of carbonyl (C=O) groups is 1. The normalized spacial score (nSPS) is 43.8. The van der Waals surface area contributed by atoms with Gasteiger partial charge in [0, 0.05) is 12.1 Å². The minimum Gasteiger partial charge on any atom is -0.390 e. The van der Waals surface area contributed by atoms with Crippen molar-refractivity contribution in [1.29, 1.82) is 5.26 Å². The van der Waals surface area contributed by atoms with Crippen molar-refractivity contribution < 1.29 is 9.90 Å². The fourth-order valence-electron chi connectivity index (χ4n) is 8.61. The number of hydrogen-bond acceptors (Lipinski definition) is 4. The van der Waals surface area contributed by atoms with Gasteiger partial charge in [0.05, 0.1) is 23.9 Å². The monoisotopic (exact) mass is 437 g/mol. The first kappa shape index (κ1) is 22.1. The quantitative estimate of drug-likeness (QED) is 0.711. The summed E-state index contributed by atoms with van der Waals surface area (Å²) in [5, 5.41) is 23.9. The Hall–Kier alpha value is -1.67. The minimum atomic E-state index is -0.449. The van der Waals surface area contributed by atoms with Gasteiger partial charge in [-0.2, -0.15) is 10.4 Å². The summed E-state index contributed by atoms with van der Waals surface area (Å²) < 4.78 is 1.64. The van der Waals surface area contributed by atoms with Crippen molar-refractivity contribution in [2.24, 2.45) is 40.9 Å². The molecule has 4 aliphatic carbocycles. The van der Waals surface area contributed by atoms with E-state index in [4.69, 9.17) is 5.26 Å². The zero-order chi connectivity index (χ0) is 22.5. The summed E-state index contributed by atoms with van der Waals surface area (Å²) in [5.74, 6) is 4.35. The van der Waals surface area contributed by atoms with Crippen LogP contribution in [0.4, 0.5) is 0 Å². The zero-order valence-electron chi connectivity index (χ0n) is 19.8. The van der Waals surface area contributed by atoms with Gasteiger partial charge in [0.25, 0.3) is 0 Å². The maximum atomic E-state index is 13.2. The van der Waals surface area contributed by atoms with E-state index in [1.807, 2.05) is 6.92 Å². The molecule has 4 aliphatic rings. The van der Waals surface area contributed by atoms with Crippen molar-refractivity contribution >= 4 is 5.78 Å². The first-order chi connectivity index (χ1) is 15.3. The molecule has 1 aromatic rings. The van der Waals surface area contributed by atoms with Crippen LogP contribution < -0.4 is 0 Å². The molecule has 0 aliphatic heterocycles. The van der Waals surface area contributed by atoms with E-state index in [9.17, 15) is 9.90 Å². The number of fused-ring (bicyclic) bond motifs is 5. The van der Waals surface area contributed by atoms with Crippen molar-refractivity contribution in [3.63, 3.8) is 0 Å². The summed E-state index contributed by atoms with van der Waals surface area (Å²) >= 11 is 0. The molecule has 0 aromatic carbocycles. The van der Waals surface area contributed by atoms with Crippen LogP contribution in [0.1, 0.15) is 90.0 Å². The highest BCUT2D eigenvalue weighted by Crippen LogP contribution is 2.61. The Morgan fingerprint density at radius 2 is 1.94 bits per heavy atom. The average molecular weight is 438 g/mol. The van der Waals surface area contributed by atoms with Crippen LogP contribution in [0.15, 0.2) is 12.4 Å². The van der Waals surface area contributed by atoms with Gasteiger partial charge in [0.15, 0.2) is 5.78 Å². The van der Waals surface area contributed by atoms with Gasteiger partial charge in [0.2, 0.25) is 0 Å². The summed E-state index contributed by atoms with van der Waals surface area (Å²) in [5.41, 5.74) is 0.339. The molecule has 0 bridgehead atoms. The van der Waals surface area contributed by atoms with Gasteiger partial charge in [-0.1, -0.05) is 13.3 Å². The second kappa shape index (κ2) is 8.28. The Balaban J connectivity index is 1.28. The predicted octanol–water partition coefficient (Wildman–Crippen LogP) is 5.12.